The summed E-state index contributed by atoms with van der Waals surface area (Å²) >= 11 is 1.34. The van der Waals surface area contributed by atoms with Crippen LogP contribution in [0.4, 0.5) is 4.39 Å². The summed E-state index contributed by atoms with van der Waals surface area (Å²) in [5.74, 6) is 0.521. The predicted octanol–water partition coefficient (Wildman–Crippen LogP) is 5.17. The molecule has 2 heterocycles. The molecule has 0 aliphatic carbocycles. The van der Waals surface area contributed by atoms with Crippen molar-refractivity contribution in [3.63, 3.8) is 0 Å². The monoisotopic (exact) mass is 563 g/mol. The van der Waals surface area contributed by atoms with Crippen LogP contribution in [-0.4, -0.2) is 38.0 Å². The number of thioether (sulfide) groups is 1. The minimum Gasteiger partial charge on any atom is -0.379 e. The molecule has 0 unspecified atom stereocenters. The minimum absolute atomic E-state index is 0.133. The van der Waals surface area contributed by atoms with Crippen LogP contribution in [0, 0.1) is 18.2 Å². The van der Waals surface area contributed by atoms with Gasteiger partial charge in [-0.05, 0) is 94.0 Å². The van der Waals surface area contributed by atoms with Crippen molar-refractivity contribution in [3.8, 4) is 16.9 Å². The molecule has 0 radical (unpaired) electrons. The van der Waals surface area contributed by atoms with Gasteiger partial charge >= 0.3 is 5.69 Å². The van der Waals surface area contributed by atoms with Gasteiger partial charge in [0.25, 0.3) is 0 Å². The van der Waals surface area contributed by atoms with E-state index in [4.69, 9.17) is 16.9 Å². The van der Waals surface area contributed by atoms with Crippen molar-refractivity contribution in [2.75, 3.05) is 12.3 Å². The molecule has 212 valence electrons. The van der Waals surface area contributed by atoms with Crippen molar-refractivity contribution < 1.29 is 4.39 Å². The van der Waals surface area contributed by atoms with Gasteiger partial charge in [-0.1, -0.05) is 30.0 Å². The van der Waals surface area contributed by atoms with Crippen LogP contribution < -0.4 is 22.5 Å². The van der Waals surface area contributed by atoms with Gasteiger partial charge in [0.1, 0.15) is 11.5 Å². The lowest BCUT2D eigenvalue weighted by Gasteiger charge is -2.15. The smallest absolute Gasteiger partial charge is 0.354 e. The molecule has 7 N–H and O–H groups in total. The first-order valence-electron chi connectivity index (χ1n) is 13.6. The van der Waals surface area contributed by atoms with E-state index >= 15 is 4.39 Å². The fourth-order valence-corrected chi connectivity index (χ4v) is 5.26. The molecule has 8 nitrogen and oxygen atoms in total. The van der Waals surface area contributed by atoms with Crippen LogP contribution in [0.25, 0.3) is 28.0 Å². The van der Waals surface area contributed by atoms with Gasteiger partial charge in [-0.15, -0.1) is 0 Å². The summed E-state index contributed by atoms with van der Waals surface area (Å²) in [6, 6.07) is 13.7. The van der Waals surface area contributed by atoms with Crippen LogP contribution in [0.1, 0.15) is 55.8 Å². The molecule has 10 heteroatoms. The third kappa shape index (κ3) is 7.38. The number of nitrogens with zero attached hydrogens (tertiary/aromatic N) is 2. The maximum Gasteiger partial charge on any atom is 0.354 e. The zero-order valence-electron chi connectivity index (χ0n) is 23.3. The summed E-state index contributed by atoms with van der Waals surface area (Å²) < 4.78 is 16.7. The zero-order valence-corrected chi connectivity index (χ0v) is 24.1. The number of hydrogen-bond acceptors (Lipinski definition) is 6. The number of benzene rings is 2. The van der Waals surface area contributed by atoms with Crippen LogP contribution in [-0.2, 0) is 6.42 Å². The van der Waals surface area contributed by atoms with Gasteiger partial charge in [0.05, 0.1) is 11.4 Å². The predicted molar refractivity (Wildman–Crippen MR) is 164 cm³/mol. The van der Waals surface area contributed by atoms with Crippen molar-refractivity contribution in [2.45, 2.75) is 58.5 Å². The number of aromatic amines is 1. The maximum absolute atomic E-state index is 15.2. The van der Waals surface area contributed by atoms with Crippen molar-refractivity contribution in [1.82, 2.24) is 19.9 Å². The van der Waals surface area contributed by atoms with Crippen LogP contribution in [0.2, 0.25) is 0 Å². The van der Waals surface area contributed by atoms with Gasteiger partial charge in [0.2, 0.25) is 0 Å². The number of aromatic nitrogens is 3. The molecule has 4 rings (SSSR count). The quantitative estimate of drug-likeness (QED) is 0.0916. The number of H-pyrrole nitrogens is 1. The van der Waals surface area contributed by atoms with E-state index in [2.05, 4.69) is 22.2 Å². The van der Waals surface area contributed by atoms with E-state index in [0.717, 1.165) is 54.5 Å². The normalized spacial score (nSPS) is 13.0. The summed E-state index contributed by atoms with van der Waals surface area (Å²) in [4.78, 5) is 20.3. The molecule has 40 heavy (non-hydrogen) atoms. The molecule has 0 saturated heterocycles. The summed E-state index contributed by atoms with van der Waals surface area (Å²) in [6.45, 7) is 6.66. The topological polar surface area (TPSA) is 139 Å². The average Bonchev–Trinajstić information content (AvgIpc) is 3.32. The Balaban J connectivity index is 1.52. The summed E-state index contributed by atoms with van der Waals surface area (Å²) in [6.07, 6.45) is 5.32. The maximum atomic E-state index is 15.2. The molecule has 0 spiro atoms. The number of nitrogens with two attached hydrogens (primary N) is 2. The van der Waals surface area contributed by atoms with E-state index in [0.29, 0.717) is 28.2 Å². The largest absolute Gasteiger partial charge is 0.379 e. The Morgan fingerprint density at radius 2 is 1.95 bits per heavy atom. The van der Waals surface area contributed by atoms with Gasteiger partial charge in [-0.2, -0.15) is 4.98 Å². The number of hydrogen-bond donors (Lipinski definition) is 5. The second kappa shape index (κ2) is 13.3. The van der Waals surface area contributed by atoms with Crippen molar-refractivity contribution in [3.05, 3.63) is 81.7 Å². The molecule has 2 aromatic heterocycles. The molecule has 0 bridgehead atoms. The first-order valence-corrected chi connectivity index (χ1v) is 14.6. The second-order valence-electron chi connectivity index (χ2n) is 10.4. The Bertz CT molecular complexity index is 1530. The number of amidine groups is 1. The summed E-state index contributed by atoms with van der Waals surface area (Å²) in [5, 5.41) is 11.6. The van der Waals surface area contributed by atoms with Crippen molar-refractivity contribution in [1.29, 1.82) is 5.41 Å². The molecule has 2 aromatic carbocycles. The van der Waals surface area contributed by atoms with E-state index in [1.165, 1.54) is 16.3 Å². The Morgan fingerprint density at radius 3 is 2.65 bits per heavy atom. The molecule has 0 saturated carbocycles. The van der Waals surface area contributed by atoms with E-state index in [1.807, 2.05) is 49.4 Å². The van der Waals surface area contributed by atoms with Crippen LogP contribution in [0.5, 0.6) is 0 Å². The highest BCUT2D eigenvalue weighted by Crippen LogP contribution is 2.29. The molecule has 2 atom stereocenters. The molecule has 0 amide bonds. The summed E-state index contributed by atoms with van der Waals surface area (Å²) in [5.41, 5.74) is 15.8. The molecule has 4 aromatic rings. The number of nitrogens with one attached hydrogen (secondary N) is 3. The lowest BCUT2D eigenvalue weighted by molar-refractivity contribution is 0.572. The molecular formula is C30H38FN7OS. The Morgan fingerprint density at radius 1 is 1.20 bits per heavy atom. The second-order valence-corrected chi connectivity index (χ2v) is 11.5. The van der Waals surface area contributed by atoms with E-state index in [1.54, 1.807) is 13.1 Å². The fraction of sp³-hybridized carbons (Fsp3) is 0.367. The number of fused-ring (bicyclic) bond motifs is 1. The van der Waals surface area contributed by atoms with E-state index in [-0.39, 0.29) is 23.1 Å². The Kier molecular flexibility index (Phi) is 9.78. The van der Waals surface area contributed by atoms with Gasteiger partial charge in [0.15, 0.2) is 5.17 Å². The number of aryl methyl sites for hydroxylation is 2. The molecular weight excluding hydrogens is 525 g/mol. The lowest BCUT2D eigenvalue weighted by Crippen LogP contribution is -2.22. The lowest BCUT2D eigenvalue weighted by atomic mass is 9.99. The Hall–Kier alpha value is -3.47. The third-order valence-electron chi connectivity index (χ3n) is 6.94. The SMILES string of the molecule is Cc1cc(CCC[C@H](C)N)cc(-c2cc3cn(-c4ccc([C@H](C)NCCCSC(=N)N)cc4)c(=O)nc3[nH]2)c1F. The van der Waals surface area contributed by atoms with Crippen molar-refractivity contribution >= 4 is 28.0 Å². The Labute approximate surface area is 238 Å². The molecule has 0 aliphatic heterocycles. The fourth-order valence-electron chi connectivity index (χ4n) is 4.75. The van der Waals surface area contributed by atoms with Crippen LogP contribution in [0.15, 0.2) is 53.5 Å². The van der Waals surface area contributed by atoms with Crippen LogP contribution >= 0.6 is 11.8 Å². The number of rotatable bonds is 12. The van der Waals surface area contributed by atoms with Gasteiger partial charge in [-0.25, -0.2) is 9.18 Å². The van der Waals surface area contributed by atoms with Crippen LogP contribution in [0.3, 0.4) is 0 Å². The molecule has 0 aliphatic rings. The standard InChI is InChI=1S/C30H38FN7OS/c1-18-14-21(7-4-6-19(2)32)15-25(27(18)31)26-16-23-17-38(30(39)37-28(23)36-26)24-10-8-22(9-11-24)20(3)35-12-5-13-40-29(33)34/h8-11,14-17,19-20,35H,4-7,12-13,32H2,1-3H3,(H3,33,34)(H,36,37,39)/t19-,20-/m0/s1. The van der Waals surface area contributed by atoms with Crippen molar-refractivity contribution in [2.24, 2.45) is 11.5 Å². The van der Waals surface area contributed by atoms with Gasteiger partial charge in [0, 0.05) is 35.0 Å². The minimum atomic E-state index is -0.413. The zero-order chi connectivity index (χ0) is 28.8. The highest BCUT2D eigenvalue weighted by atomic mass is 32.2. The number of halogens is 1. The first kappa shape index (κ1) is 29.5. The van der Waals surface area contributed by atoms with Gasteiger partial charge in [-0.3, -0.25) is 9.98 Å². The first-order chi connectivity index (χ1) is 19.1. The highest BCUT2D eigenvalue weighted by Gasteiger charge is 2.15. The average molecular weight is 564 g/mol. The van der Waals surface area contributed by atoms with E-state index < -0.39 is 5.69 Å². The highest BCUT2D eigenvalue weighted by molar-refractivity contribution is 8.13. The summed E-state index contributed by atoms with van der Waals surface area (Å²) in [7, 11) is 0. The molecule has 0 fully saturated rings. The van der Waals surface area contributed by atoms with E-state index in [9.17, 15) is 4.79 Å². The third-order valence-corrected chi connectivity index (χ3v) is 7.74. The van der Waals surface area contributed by atoms with Gasteiger partial charge < -0.3 is 21.8 Å².